The van der Waals surface area contributed by atoms with E-state index in [-0.39, 0.29) is 12.5 Å². The number of thiophene rings is 1. The number of nitrogens with zero attached hydrogens (tertiary/aromatic N) is 2. The third kappa shape index (κ3) is 4.45. The van der Waals surface area contributed by atoms with Gasteiger partial charge in [0.05, 0.1) is 10.5 Å². The zero-order valence-corrected chi connectivity index (χ0v) is 17.8. The van der Waals surface area contributed by atoms with E-state index < -0.39 is 10.8 Å². The number of benzene rings is 2. The first-order chi connectivity index (χ1) is 15.4. The minimum absolute atomic E-state index is 0.0543. The van der Waals surface area contributed by atoms with E-state index in [1.54, 1.807) is 12.1 Å². The number of hydrogen-bond acceptors (Lipinski definition) is 7. The maximum absolute atomic E-state index is 12.4. The van der Waals surface area contributed by atoms with Crippen molar-refractivity contribution in [3.63, 3.8) is 0 Å². The quantitative estimate of drug-likeness (QED) is 0.330. The van der Waals surface area contributed by atoms with Crippen molar-refractivity contribution in [2.45, 2.75) is 13.3 Å². The predicted molar refractivity (Wildman–Crippen MR) is 120 cm³/mol. The van der Waals surface area contributed by atoms with Gasteiger partial charge in [-0.3, -0.25) is 14.9 Å². The molecule has 2 aromatic carbocycles. The molecule has 160 valence electrons. The molecule has 1 N–H and O–H groups in total. The van der Waals surface area contributed by atoms with Gasteiger partial charge in [0, 0.05) is 29.5 Å². The second-order valence-electron chi connectivity index (χ2n) is 7.01. The van der Waals surface area contributed by atoms with E-state index in [0.717, 1.165) is 16.0 Å². The fourth-order valence-electron chi connectivity index (χ4n) is 3.26. The smallest absolute Gasteiger partial charge is 0.270 e. The van der Waals surface area contributed by atoms with Crippen molar-refractivity contribution in [1.29, 1.82) is 5.26 Å². The average Bonchev–Trinajstić information content (AvgIpc) is 3.36. The first-order valence-corrected chi connectivity index (χ1v) is 10.4. The molecular formula is C23H17N3O5S. The summed E-state index contributed by atoms with van der Waals surface area (Å²) < 4.78 is 10.8. The number of nitro benzene ring substituents is 1. The lowest BCUT2D eigenvalue weighted by atomic mass is 10.1. The Hall–Kier alpha value is -4.16. The van der Waals surface area contributed by atoms with Crippen molar-refractivity contribution >= 4 is 34.0 Å². The fourth-order valence-corrected chi connectivity index (χ4v) is 4.45. The number of fused-ring (bicyclic) bond motifs is 1. The van der Waals surface area contributed by atoms with Crippen molar-refractivity contribution in [2.75, 3.05) is 12.1 Å². The number of carbonyl (C=O) groups is 1. The van der Waals surface area contributed by atoms with E-state index in [4.69, 9.17) is 9.47 Å². The van der Waals surface area contributed by atoms with Crippen LogP contribution in [0.15, 0.2) is 48.5 Å². The number of nitriles is 1. The van der Waals surface area contributed by atoms with Gasteiger partial charge in [0.25, 0.3) is 5.69 Å². The topological polar surface area (TPSA) is 114 Å². The summed E-state index contributed by atoms with van der Waals surface area (Å²) >= 11 is 1.35. The average molecular weight is 447 g/mol. The Morgan fingerprint density at radius 1 is 1.28 bits per heavy atom. The minimum atomic E-state index is -0.493. The van der Waals surface area contributed by atoms with E-state index in [0.29, 0.717) is 34.0 Å². The standard InChI is InChI=1S/C23H17N3O5S/c1-14-18(12-24)23(25-22(27)8-6-15-3-2-4-17(9-15)26(28)29)32-21(14)11-16-5-7-19-20(10-16)31-13-30-19/h2-10H,11,13H2,1H3,(H,25,27)/b8-6+. The lowest BCUT2D eigenvalue weighted by Gasteiger charge is -2.02. The molecule has 0 aliphatic carbocycles. The van der Waals surface area contributed by atoms with Crippen molar-refractivity contribution < 1.29 is 19.2 Å². The Bertz CT molecular complexity index is 1290. The molecule has 0 bridgehead atoms. The Balaban J connectivity index is 1.50. The van der Waals surface area contributed by atoms with Gasteiger partial charge in [-0.05, 0) is 41.8 Å². The lowest BCUT2D eigenvalue weighted by Crippen LogP contribution is -2.07. The molecule has 2 heterocycles. The molecule has 8 nitrogen and oxygen atoms in total. The molecule has 4 rings (SSSR count). The molecule has 0 unspecified atom stereocenters. The number of carbonyl (C=O) groups excluding carboxylic acids is 1. The Kier molecular flexibility index (Phi) is 5.87. The number of nitrogens with one attached hydrogen (secondary N) is 1. The van der Waals surface area contributed by atoms with Gasteiger partial charge in [0.2, 0.25) is 12.7 Å². The molecule has 3 aromatic rings. The zero-order valence-electron chi connectivity index (χ0n) is 17.0. The highest BCUT2D eigenvalue weighted by atomic mass is 32.1. The number of nitro groups is 1. The fraction of sp³-hybridized carbons (Fsp3) is 0.130. The Labute approximate surface area is 187 Å². The Morgan fingerprint density at radius 2 is 2.09 bits per heavy atom. The van der Waals surface area contributed by atoms with Gasteiger partial charge in [-0.15, -0.1) is 11.3 Å². The van der Waals surface area contributed by atoms with Gasteiger partial charge in [-0.2, -0.15) is 5.26 Å². The van der Waals surface area contributed by atoms with E-state index in [9.17, 15) is 20.2 Å². The molecule has 0 radical (unpaired) electrons. The molecule has 0 atom stereocenters. The molecule has 1 aliphatic rings. The van der Waals surface area contributed by atoms with Crippen LogP contribution >= 0.6 is 11.3 Å². The highest BCUT2D eigenvalue weighted by Gasteiger charge is 2.18. The molecule has 1 aromatic heterocycles. The highest BCUT2D eigenvalue weighted by Crippen LogP contribution is 2.37. The van der Waals surface area contributed by atoms with Gasteiger partial charge >= 0.3 is 0 Å². The summed E-state index contributed by atoms with van der Waals surface area (Å²) in [5.41, 5.74) is 2.71. The van der Waals surface area contributed by atoms with Crippen LogP contribution in [-0.2, 0) is 11.2 Å². The summed E-state index contributed by atoms with van der Waals surface area (Å²) in [5.74, 6) is 0.971. The number of amides is 1. The summed E-state index contributed by atoms with van der Waals surface area (Å²) in [6.45, 7) is 2.06. The van der Waals surface area contributed by atoms with Gasteiger partial charge < -0.3 is 14.8 Å². The third-order valence-electron chi connectivity index (χ3n) is 4.90. The second-order valence-corrected chi connectivity index (χ2v) is 8.11. The summed E-state index contributed by atoms with van der Waals surface area (Å²) in [6, 6.07) is 13.8. The SMILES string of the molecule is Cc1c(Cc2ccc3c(c2)OCO3)sc(NC(=O)/C=C/c2cccc([N+](=O)[O-])c2)c1C#N. The molecule has 0 spiro atoms. The summed E-state index contributed by atoms with van der Waals surface area (Å²) in [5, 5.41) is 23.7. The van der Waals surface area contributed by atoms with Gasteiger partial charge in [-0.1, -0.05) is 18.2 Å². The van der Waals surface area contributed by atoms with Crippen LogP contribution in [0.4, 0.5) is 10.7 Å². The van der Waals surface area contributed by atoms with E-state index >= 15 is 0 Å². The first-order valence-electron chi connectivity index (χ1n) is 9.59. The first kappa shape index (κ1) is 21.1. The molecule has 1 aliphatic heterocycles. The maximum atomic E-state index is 12.4. The molecule has 32 heavy (non-hydrogen) atoms. The number of anilines is 1. The molecular weight excluding hydrogens is 430 g/mol. The maximum Gasteiger partial charge on any atom is 0.270 e. The molecule has 0 saturated carbocycles. The van der Waals surface area contributed by atoms with E-state index in [1.165, 1.54) is 35.6 Å². The monoisotopic (exact) mass is 447 g/mol. The van der Waals surface area contributed by atoms with Crippen molar-refractivity contribution in [3.05, 3.63) is 85.8 Å². The second kappa shape index (κ2) is 8.91. The summed E-state index contributed by atoms with van der Waals surface area (Å²) in [4.78, 5) is 23.8. The van der Waals surface area contributed by atoms with Crippen LogP contribution in [0, 0.1) is 28.4 Å². The molecule has 9 heteroatoms. The van der Waals surface area contributed by atoms with Gasteiger partial charge in [0.15, 0.2) is 11.5 Å². The Morgan fingerprint density at radius 3 is 2.88 bits per heavy atom. The minimum Gasteiger partial charge on any atom is -0.454 e. The predicted octanol–water partition coefficient (Wildman–Crippen LogP) is 4.81. The van der Waals surface area contributed by atoms with Crippen LogP contribution in [0.25, 0.3) is 6.08 Å². The van der Waals surface area contributed by atoms with Crippen LogP contribution in [0.3, 0.4) is 0 Å². The summed E-state index contributed by atoms with van der Waals surface area (Å²) in [6.07, 6.45) is 3.36. The van der Waals surface area contributed by atoms with E-state index in [1.807, 2.05) is 25.1 Å². The molecule has 0 fully saturated rings. The van der Waals surface area contributed by atoms with Crippen LogP contribution in [0.1, 0.15) is 27.1 Å². The zero-order chi connectivity index (χ0) is 22.7. The summed E-state index contributed by atoms with van der Waals surface area (Å²) in [7, 11) is 0. The number of non-ortho nitro benzene ring substituents is 1. The molecule has 1 amide bonds. The number of rotatable bonds is 6. The van der Waals surface area contributed by atoms with Gasteiger partial charge in [0.1, 0.15) is 11.1 Å². The number of ether oxygens (including phenoxy) is 2. The van der Waals surface area contributed by atoms with Crippen LogP contribution in [-0.4, -0.2) is 17.6 Å². The highest BCUT2D eigenvalue weighted by molar-refractivity contribution is 7.16. The van der Waals surface area contributed by atoms with Crippen LogP contribution < -0.4 is 14.8 Å². The number of hydrogen-bond donors (Lipinski definition) is 1. The third-order valence-corrected chi connectivity index (χ3v) is 6.11. The molecule has 0 saturated heterocycles. The van der Waals surface area contributed by atoms with Crippen LogP contribution in [0.5, 0.6) is 11.5 Å². The van der Waals surface area contributed by atoms with E-state index in [2.05, 4.69) is 11.4 Å². The normalized spacial score (nSPS) is 12.0. The largest absolute Gasteiger partial charge is 0.454 e. The van der Waals surface area contributed by atoms with Crippen LogP contribution in [0.2, 0.25) is 0 Å². The van der Waals surface area contributed by atoms with Gasteiger partial charge in [-0.25, -0.2) is 0 Å². The van der Waals surface area contributed by atoms with Crippen molar-refractivity contribution in [1.82, 2.24) is 0 Å². The van der Waals surface area contributed by atoms with Crippen molar-refractivity contribution in [2.24, 2.45) is 0 Å². The van der Waals surface area contributed by atoms with Crippen molar-refractivity contribution in [3.8, 4) is 17.6 Å². The lowest BCUT2D eigenvalue weighted by molar-refractivity contribution is -0.384.